The monoisotopic (exact) mass is 468 g/mol. The van der Waals surface area contributed by atoms with E-state index in [4.69, 9.17) is 17.3 Å². The van der Waals surface area contributed by atoms with Gasteiger partial charge < -0.3 is 16.2 Å². The average molecular weight is 469 g/mol. The molecule has 162 valence electrons. The van der Waals surface area contributed by atoms with Gasteiger partial charge in [0.2, 0.25) is 0 Å². The number of aliphatic hydroxyl groups excluding tert-OH is 1. The quantitative estimate of drug-likeness (QED) is 0.354. The third kappa shape index (κ3) is 7.34. The number of unbranched alkanes of at least 4 members (excludes halogenated alkanes) is 3. The van der Waals surface area contributed by atoms with Gasteiger partial charge in [-0.25, -0.2) is 17.8 Å². The van der Waals surface area contributed by atoms with Gasteiger partial charge in [0.15, 0.2) is 10.3 Å². The molecule has 2 aromatic rings. The van der Waals surface area contributed by atoms with Crippen LogP contribution in [-0.4, -0.2) is 37.7 Å². The molecule has 12 heteroatoms. The Kier molecular flexibility index (Phi) is 9.03. The lowest BCUT2D eigenvalue weighted by atomic mass is 10.1. The fourth-order valence-corrected chi connectivity index (χ4v) is 4.71. The first-order valence-electron chi connectivity index (χ1n) is 8.98. The third-order valence-electron chi connectivity index (χ3n) is 4.06. The van der Waals surface area contributed by atoms with E-state index in [1.54, 1.807) is 0 Å². The van der Waals surface area contributed by atoms with Crippen LogP contribution in [0, 0.1) is 10.9 Å². The van der Waals surface area contributed by atoms with Gasteiger partial charge in [0, 0.05) is 13.1 Å². The van der Waals surface area contributed by atoms with Crippen LogP contribution < -0.4 is 15.8 Å². The molecule has 1 unspecified atom stereocenters. The topological polar surface area (TPSA) is 117 Å². The lowest BCUT2D eigenvalue weighted by Gasteiger charge is -2.12. The number of aliphatic hydroxyl groups is 1. The largest absolute Gasteiger partial charge is 0.392 e. The highest BCUT2D eigenvalue weighted by molar-refractivity contribution is 7.93. The molecule has 1 heterocycles. The van der Waals surface area contributed by atoms with Crippen LogP contribution in [0.3, 0.4) is 0 Å². The van der Waals surface area contributed by atoms with Crippen LogP contribution in [0.5, 0.6) is 0 Å². The van der Waals surface area contributed by atoms with Crippen molar-refractivity contribution in [1.82, 2.24) is 4.98 Å². The Labute approximate surface area is 177 Å². The molecule has 0 amide bonds. The molecule has 0 bridgehead atoms. The maximum absolute atomic E-state index is 14.4. The van der Waals surface area contributed by atoms with Crippen molar-refractivity contribution in [2.45, 2.75) is 43.1 Å². The van der Waals surface area contributed by atoms with Crippen molar-refractivity contribution < 1.29 is 22.3 Å². The summed E-state index contributed by atoms with van der Waals surface area (Å²) >= 11 is 6.58. The number of hydrogen-bond donors (Lipinski definition) is 4. The average Bonchev–Trinajstić information content (AvgIpc) is 3.06. The number of nitrogens with one attached hydrogen (secondary N) is 2. The molecule has 0 aliphatic rings. The number of benzene rings is 1. The first kappa shape index (κ1) is 23.7. The van der Waals surface area contributed by atoms with Gasteiger partial charge >= 0.3 is 0 Å². The Balaban J connectivity index is 1.90. The number of sulfonamides is 1. The van der Waals surface area contributed by atoms with Crippen molar-refractivity contribution in [2.24, 2.45) is 5.73 Å². The molecule has 0 fully saturated rings. The molecule has 0 aliphatic heterocycles. The zero-order valence-electron chi connectivity index (χ0n) is 15.5. The number of halogens is 3. The normalized spacial score (nSPS) is 12.7. The molecule has 0 radical (unpaired) electrons. The molecule has 1 aromatic heterocycles. The molecule has 7 nitrogen and oxygen atoms in total. The van der Waals surface area contributed by atoms with Crippen LogP contribution >= 0.6 is 22.9 Å². The maximum atomic E-state index is 14.4. The number of hydrogen-bond acceptors (Lipinski definition) is 7. The first-order chi connectivity index (χ1) is 13.7. The van der Waals surface area contributed by atoms with Crippen molar-refractivity contribution in [3.8, 4) is 0 Å². The van der Waals surface area contributed by atoms with Crippen molar-refractivity contribution in [3.63, 3.8) is 0 Å². The van der Waals surface area contributed by atoms with Crippen LogP contribution in [0.4, 0.5) is 19.6 Å². The number of anilines is 2. The summed E-state index contributed by atoms with van der Waals surface area (Å²) in [6.07, 6.45) is 4.57. The molecule has 5 N–H and O–H groups in total. The maximum Gasteiger partial charge on any atom is 0.266 e. The molecular weight excluding hydrogens is 446 g/mol. The Bertz CT molecular complexity index is 912. The SMILES string of the molecule is NCC(O)CCCCCCNc1cc(F)c(S(=O)(=O)Nc2ncc(F)s2)cc1Cl. The van der Waals surface area contributed by atoms with Gasteiger partial charge in [0.25, 0.3) is 10.0 Å². The van der Waals surface area contributed by atoms with E-state index in [0.29, 0.717) is 24.3 Å². The first-order valence-corrected chi connectivity index (χ1v) is 11.7. The minimum Gasteiger partial charge on any atom is -0.392 e. The van der Waals surface area contributed by atoms with Crippen molar-refractivity contribution in [3.05, 3.63) is 34.3 Å². The summed E-state index contributed by atoms with van der Waals surface area (Å²) in [5.74, 6) is -0.989. The summed E-state index contributed by atoms with van der Waals surface area (Å²) in [7, 11) is -4.30. The van der Waals surface area contributed by atoms with Crippen LogP contribution in [0.1, 0.15) is 32.1 Å². The van der Waals surface area contributed by atoms with E-state index in [0.717, 1.165) is 44.0 Å². The van der Waals surface area contributed by atoms with Gasteiger partial charge in [-0.1, -0.05) is 42.2 Å². The second-order valence-electron chi connectivity index (χ2n) is 6.36. The summed E-state index contributed by atoms with van der Waals surface area (Å²) < 4.78 is 54.0. The summed E-state index contributed by atoms with van der Waals surface area (Å²) in [6, 6.07) is 2.01. The predicted molar refractivity (Wildman–Crippen MR) is 111 cm³/mol. The van der Waals surface area contributed by atoms with Gasteiger partial charge in [0.05, 0.1) is 23.0 Å². The standard InChI is InChI=1S/C17H23ClF2N4O3S2/c18-12-7-15(29(26,27)24-17-23-10-16(20)28-17)13(19)8-14(12)22-6-4-2-1-3-5-11(25)9-21/h7-8,10-11,22,25H,1-6,9,21H2,(H,23,24). The van der Waals surface area contributed by atoms with E-state index in [1.165, 1.54) is 0 Å². The van der Waals surface area contributed by atoms with E-state index in [1.807, 2.05) is 4.72 Å². The summed E-state index contributed by atoms with van der Waals surface area (Å²) in [5.41, 5.74) is 5.62. The zero-order chi connectivity index (χ0) is 21.4. The molecular formula is C17H23ClF2N4O3S2. The summed E-state index contributed by atoms with van der Waals surface area (Å²) in [5, 5.41) is 11.5. The number of nitrogens with zero attached hydrogens (tertiary/aromatic N) is 1. The molecule has 29 heavy (non-hydrogen) atoms. The highest BCUT2D eigenvalue weighted by Gasteiger charge is 2.23. The van der Waals surface area contributed by atoms with Crippen LogP contribution in [0.25, 0.3) is 0 Å². The lowest BCUT2D eigenvalue weighted by molar-refractivity contribution is 0.169. The predicted octanol–water partition coefficient (Wildman–Crippen LogP) is 3.56. The number of rotatable bonds is 12. The Morgan fingerprint density at radius 3 is 2.62 bits per heavy atom. The Morgan fingerprint density at radius 2 is 1.97 bits per heavy atom. The summed E-state index contributed by atoms with van der Waals surface area (Å²) in [6.45, 7) is 0.787. The van der Waals surface area contributed by atoms with E-state index >= 15 is 0 Å². The number of thiazole rings is 1. The molecule has 0 aliphatic carbocycles. The fraction of sp³-hybridized carbons (Fsp3) is 0.471. The minimum absolute atomic E-state index is 0.0446. The highest BCUT2D eigenvalue weighted by atomic mass is 35.5. The Hall–Kier alpha value is -1.53. The van der Waals surface area contributed by atoms with Crippen LogP contribution in [0.2, 0.25) is 5.02 Å². The molecule has 1 aromatic carbocycles. The van der Waals surface area contributed by atoms with Gasteiger partial charge in [-0.15, -0.1) is 0 Å². The molecule has 1 atom stereocenters. The van der Waals surface area contributed by atoms with Crippen molar-refractivity contribution in [2.75, 3.05) is 23.1 Å². The Morgan fingerprint density at radius 1 is 1.24 bits per heavy atom. The van der Waals surface area contributed by atoms with E-state index < -0.39 is 32.0 Å². The van der Waals surface area contributed by atoms with E-state index in [2.05, 4.69) is 10.3 Å². The summed E-state index contributed by atoms with van der Waals surface area (Å²) in [4.78, 5) is 2.90. The lowest BCUT2D eigenvalue weighted by Crippen LogP contribution is -2.19. The van der Waals surface area contributed by atoms with Crippen molar-refractivity contribution >= 4 is 43.8 Å². The van der Waals surface area contributed by atoms with Gasteiger partial charge in [-0.3, -0.25) is 4.72 Å². The third-order valence-corrected chi connectivity index (χ3v) is 6.56. The minimum atomic E-state index is -4.30. The number of nitrogens with two attached hydrogens (primary N) is 1. The zero-order valence-corrected chi connectivity index (χ0v) is 17.9. The molecule has 0 spiro atoms. The fourth-order valence-electron chi connectivity index (χ4n) is 2.54. The molecule has 0 saturated carbocycles. The highest BCUT2D eigenvalue weighted by Crippen LogP contribution is 2.30. The van der Waals surface area contributed by atoms with Gasteiger partial charge in [0.1, 0.15) is 10.7 Å². The van der Waals surface area contributed by atoms with Gasteiger partial charge in [-0.2, -0.15) is 4.39 Å². The van der Waals surface area contributed by atoms with Gasteiger partial charge in [-0.05, 0) is 25.0 Å². The second kappa shape index (κ2) is 11.0. The van der Waals surface area contributed by atoms with Crippen LogP contribution in [0.15, 0.2) is 23.2 Å². The van der Waals surface area contributed by atoms with Crippen molar-refractivity contribution in [1.29, 1.82) is 0 Å². The van der Waals surface area contributed by atoms with E-state index in [-0.39, 0.29) is 22.4 Å². The van der Waals surface area contributed by atoms with E-state index in [9.17, 15) is 22.3 Å². The number of aromatic nitrogens is 1. The molecule has 0 saturated heterocycles. The molecule has 2 rings (SSSR count). The van der Waals surface area contributed by atoms with Crippen LogP contribution in [-0.2, 0) is 10.0 Å². The second-order valence-corrected chi connectivity index (χ2v) is 9.40. The smallest absolute Gasteiger partial charge is 0.266 e.